The Balaban J connectivity index is 1.84. The number of benzene rings is 1. The lowest BCUT2D eigenvalue weighted by Gasteiger charge is -2.26. The summed E-state index contributed by atoms with van der Waals surface area (Å²) in [6.45, 7) is 8.84. The molecule has 5 atom stereocenters. The highest BCUT2D eigenvalue weighted by molar-refractivity contribution is 5.87. The van der Waals surface area contributed by atoms with Crippen molar-refractivity contribution < 1.29 is 33.6 Å². The number of methoxy groups -OCH3 is 1. The fourth-order valence-corrected chi connectivity index (χ4v) is 3.25. The zero-order valence-electron chi connectivity index (χ0n) is 17.9. The van der Waals surface area contributed by atoms with Crippen molar-refractivity contribution in [2.24, 2.45) is 0 Å². The lowest BCUT2D eigenvalue weighted by molar-refractivity contribution is -0.161. The highest BCUT2D eigenvalue weighted by Gasteiger charge is 2.38. The van der Waals surface area contributed by atoms with Crippen LogP contribution in [0.2, 0.25) is 0 Å². The fraction of sp³-hybridized carbons (Fsp3) is 0.417. The molecular weight excluding hydrogens is 400 g/mol. The molecule has 0 bridgehead atoms. The van der Waals surface area contributed by atoms with E-state index in [1.54, 1.807) is 32.2 Å². The Kier molecular flexibility index (Phi) is 9.49. The molecular formula is C24H30O7. The van der Waals surface area contributed by atoms with Gasteiger partial charge in [0.25, 0.3) is 0 Å². The Hall–Kier alpha value is -2.90. The topological polar surface area (TPSA) is 91.3 Å². The number of hydrogen-bond donors (Lipinski definition) is 1. The van der Waals surface area contributed by atoms with Gasteiger partial charge in [-0.15, -0.1) is 6.58 Å². The van der Waals surface area contributed by atoms with Gasteiger partial charge in [0.05, 0.1) is 25.7 Å². The van der Waals surface area contributed by atoms with Crippen LogP contribution in [-0.4, -0.2) is 54.7 Å². The van der Waals surface area contributed by atoms with E-state index in [2.05, 4.69) is 13.2 Å². The number of hydrogen-bond acceptors (Lipinski definition) is 7. The summed E-state index contributed by atoms with van der Waals surface area (Å²) in [5.74, 6) is -0.254. The van der Waals surface area contributed by atoms with Crippen molar-refractivity contribution in [2.45, 2.75) is 56.7 Å². The van der Waals surface area contributed by atoms with E-state index in [0.717, 1.165) is 11.3 Å². The summed E-state index contributed by atoms with van der Waals surface area (Å²) in [5.41, 5.74) is 0.840. The van der Waals surface area contributed by atoms with Crippen molar-refractivity contribution in [3.05, 3.63) is 61.2 Å². The van der Waals surface area contributed by atoms with Gasteiger partial charge in [0.2, 0.25) is 0 Å². The summed E-state index contributed by atoms with van der Waals surface area (Å²) in [4.78, 5) is 23.8. The van der Waals surface area contributed by atoms with Gasteiger partial charge in [0.1, 0.15) is 24.1 Å². The second-order valence-electron chi connectivity index (χ2n) is 7.21. The van der Waals surface area contributed by atoms with Crippen LogP contribution < -0.4 is 4.74 Å². The van der Waals surface area contributed by atoms with Gasteiger partial charge < -0.3 is 24.1 Å². The van der Waals surface area contributed by atoms with Crippen LogP contribution in [0.1, 0.15) is 31.7 Å². The Bertz CT molecular complexity index is 784. The summed E-state index contributed by atoms with van der Waals surface area (Å²) < 4.78 is 21.6. The van der Waals surface area contributed by atoms with Crippen LogP contribution >= 0.6 is 0 Å². The van der Waals surface area contributed by atoms with E-state index >= 15 is 0 Å². The minimum absolute atomic E-state index is 0.0439. The SMILES string of the molecule is C=CCC(=O)O[C@H](C=C)[C@@H](O)[C@H]1CC[C@@H]([C@H](C)OC(=O)/C=C/c2ccc(OC)cc2)O1. The number of aliphatic hydroxyl groups excluding tert-OH is 1. The molecule has 0 spiro atoms. The molecule has 0 aromatic heterocycles. The molecule has 0 amide bonds. The molecule has 7 nitrogen and oxygen atoms in total. The Morgan fingerprint density at radius 2 is 1.87 bits per heavy atom. The third-order valence-electron chi connectivity index (χ3n) is 4.97. The lowest BCUT2D eigenvalue weighted by Crippen LogP contribution is -2.40. The van der Waals surface area contributed by atoms with Gasteiger partial charge in [-0.25, -0.2) is 4.79 Å². The van der Waals surface area contributed by atoms with Gasteiger partial charge in [0, 0.05) is 6.08 Å². The normalized spacial score (nSPS) is 21.1. The van der Waals surface area contributed by atoms with Gasteiger partial charge in [0.15, 0.2) is 0 Å². The van der Waals surface area contributed by atoms with Gasteiger partial charge in [-0.2, -0.15) is 0 Å². The molecule has 1 aromatic carbocycles. The summed E-state index contributed by atoms with van der Waals surface area (Å²) in [6, 6.07) is 7.26. The van der Waals surface area contributed by atoms with Crippen LogP contribution in [0.15, 0.2) is 55.7 Å². The molecule has 0 unspecified atom stereocenters. The molecule has 0 saturated carbocycles. The second-order valence-corrected chi connectivity index (χ2v) is 7.21. The third kappa shape index (κ3) is 7.38. The molecule has 31 heavy (non-hydrogen) atoms. The van der Waals surface area contributed by atoms with Crippen LogP contribution in [-0.2, 0) is 23.8 Å². The summed E-state index contributed by atoms with van der Waals surface area (Å²) in [6.07, 6.45) is 3.62. The van der Waals surface area contributed by atoms with Crippen LogP contribution in [0.5, 0.6) is 5.75 Å². The molecule has 1 saturated heterocycles. The molecule has 1 aliphatic rings. The average Bonchev–Trinajstić information content (AvgIpc) is 3.26. The van der Waals surface area contributed by atoms with Gasteiger partial charge in [-0.1, -0.05) is 24.8 Å². The first kappa shape index (κ1) is 24.4. The first-order valence-electron chi connectivity index (χ1n) is 10.2. The average molecular weight is 430 g/mol. The largest absolute Gasteiger partial charge is 0.497 e. The highest BCUT2D eigenvalue weighted by atomic mass is 16.6. The van der Waals surface area contributed by atoms with Crippen molar-refractivity contribution in [1.82, 2.24) is 0 Å². The predicted octanol–water partition coefficient (Wildman–Crippen LogP) is 3.22. The van der Waals surface area contributed by atoms with Crippen molar-refractivity contribution in [2.75, 3.05) is 7.11 Å². The van der Waals surface area contributed by atoms with Crippen LogP contribution in [0, 0.1) is 0 Å². The second kappa shape index (κ2) is 12.1. The molecule has 168 valence electrons. The van der Waals surface area contributed by atoms with E-state index in [4.69, 9.17) is 18.9 Å². The predicted molar refractivity (Wildman–Crippen MR) is 116 cm³/mol. The van der Waals surface area contributed by atoms with E-state index in [9.17, 15) is 14.7 Å². The first-order chi connectivity index (χ1) is 14.9. The maximum Gasteiger partial charge on any atom is 0.331 e. The van der Waals surface area contributed by atoms with Crippen molar-refractivity contribution >= 4 is 18.0 Å². The number of carbonyl (C=O) groups excluding carboxylic acids is 2. The summed E-state index contributed by atoms with van der Waals surface area (Å²) in [7, 11) is 1.59. The Morgan fingerprint density at radius 1 is 1.19 bits per heavy atom. The number of ether oxygens (including phenoxy) is 4. The first-order valence-corrected chi connectivity index (χ1v) is 10.2. The zero-order valence-corrected chi connectivity index (χ0v) is 17.9. The molecule has 7 heteroatoms. The molecule has 2 rings (SSSR count). The molecule has 1 N–H and O–H groups in total. The van der Waals surface area contributed by atoms with E-state index in [1.807, 2.05) is 12.1 Å². The molecule has 1 heterocycles. The van der Waals surface area contributed by atoms with Gasteiger partial charge >= 0.3 is 11.9 Å². The maximum atomic E-state index is 12.1. The zero-order chi connectivity index (χ0) is 22.8. The smallest absolute Gasteiger partial charge is 0.331 e. The van der Waals surface area contributed by atoms with Crippen molar-refractivity contribution in [1.29, 1.82) is 0 Å². The van der Waals surface area contributed by atoms with Crippen molar-refractivity contribution in [3.8, 4) is 5.75 Å². The summed E-state index contributed by atoms with van der Waals surface area (Å²) >= 11 is 0. The fourth-order valence-electron chi connectivity index (χ4n) is 3.25. The minimum atomic E-state index is -1.06. The monoisotopic (exact) mass is 430 g/mol. The minimum Gasteiger partial charge on any atom is -0.497 e. The molecule has 1 fully saturated rings. The van der Waals surface area contributed by atoms with E-state index in [0.29, 0.717) is 12.8 Å². The molecule has 1 aliphatic heterocycles. The maximum absolute atomic E-state index is 12.1. The standard InChI is InChI=1S/C24H30O7/c1-5-7-22(25)31-19(6-2)24(27)21-14-13-20(30-21)16(3)29-23(26)15-10-17-8-11-18(28-4)12-9-17/h5-6,8-12,15-16,19-21,24,27H,1-2,7,13-14H2,3-4H3/b15-10+/t16-,19+,20-,21+,24+/m0/s1. The van der Waals surface area contributed by atoms with E-state index < -0.39 is 36.4 Å². The molecule has 0 radical (unpaired) electrons. The van der Waals surface area contributed by atoms with E-state index in [-0.39, 0.29) is 12.5 Å². The number of aliphatic hydroxyl groups is 1. The lowest BCUT2D eigenvalue weighted by atomic mass is 10.0. The Labute approximate surface area is 182 Å². The van der Waals surface area contributed by atoms with Gasteiger partial charge in [-0.05, 0) is 49.6 Å². The number of esters is 2. The number of carbonyl (C=O) groups is 2. The van der Waals surface area contributed by atoms with E-state index in [1.165, 1.54) is 18.2 Å². The van der Waals surface area contributed by atoms with Crippen LogP contribution in [0.4, 0.5) is 0 Å². The highest BCUT2D eigenvalue weighted by Crippen LogP contribution is 2.28. The van der Waals surface area contributed by atoms with Crippen molar-refractivity contribution in [3.63, 3.8) is 0 Å². The van der Waals surface area contributed by atoms with Crippen LogP contribution in [0.3, 0.4) is 0 Å². The number of rotatable bonds is 11. The van der Waals surface area contributed by atoms with Gasteiger partial charge in [-0.3, -0.25) is 4.79 Å². The Morgan fingerprint density at radius 3 is 2.48 bits per heavy atom. The van der Waals surface area contributed by atoms with Crippen LogP contribution in [0.25, 0.3) is 6.08 Å². The summed E-state index contributed by atoms with van der Waals surface area (Å²) in [5, 5.41) is 10.5. The molecule has 1 aromatic rings. The molecule has 0 aliphatic carbocycles. The third-order valence-corrected chi connectivity index (χ3v) is 4.97. The quantitative estimate of drug-likeness (QED) is 0.327.